The van der Waals surface area contributed by atoms with E-state index in [0.717, 1.165) is 25.3 Å². The maximum atomic E-state index is 12.8. The number of nitrogens with zero attached hydrogens (tertiary/aromatic N) is 5. The Morgan fingerprint density at radius 3 is 2.75 bits per heavy atom. The second-order valence-electron chi connectivity index (χ2n) is 7.06. The van der Waals surface area contributed by atoms with E-state index in [0.29, 0.717) is 23.6 Å². The molecule has 2 aromatic heterocycles. The van der Waals surface area contributed by atoms with Gasteiger partial charge in [0, 0.05) is 51.3 Å². The predicted molar refractivity (Wildman–Crippen MR) is 89.2 cm³/mol. The van der Waals surface area contributed by atoms with Crippen molar-refractivity contribution in [1.82, 2.24) is 24.4 Å². The van der Waals surface area contributed by atoms with Gasteiger partial charge in [-0.3, -0.25) is 4.79 Å². The Bertz CT molecular complexity index is 713. The highest BCUT2D eigenvalue weighted by molar-refractivity contribution is 5.91. The highest BCUT2D eigenvalue weighted by atomic mass is 16.2. The lowest BCUT2D eigenvalue weighted by molar-refractivity contribution is 0.0766. The first-order chi connectivity index (χ1) is 11.7. The first-order valence-electron chi connectivity index (χ1n) is 8.75. The molecule has 0 bridgehead atoms. The third-order valence-corrected chi connectivity index (χ3v) is 5.61. The van der Waals surface area contributed by atoms with Crippen molar-refractivity contribution < 1.29 is 4.79 Å². The van der Waals surface area contributed by atoms with E-state index in [1.165, 1.54) is 19.3 Å². The molecule has 1 saturated carbocycles. The Morgan fingerprint density at radius 2 is 2.00 bits per heavy atom. The number of amides is 1. The molecule has 3 atom stereocenters. The van der Waals surface area contributed by atoms with Gasteiger partial charge in [0.2, 0.25) is 0 Å². The summed E-state index contributed by atoms with van der Waals surface area (Å²) < 4.78 is 1.81. The van der Waals surface area contributed by atoms with Crippen LogP contribution in [0.15, 0.2) is 30.9 Å². The monoisotopic (exact) mass is 325 g/mol. The Hall–Kier alpha value is -2.24. The summed E-state index contributed by atoms with van der Waals surface area (Å²) in [5.74, 6) is 3.27. The minimum absolute atomic E-state index is 0.0617. The van der Waals surface area contributed by atoms with Gasteiger partial charge >= 0.3 is 0 Å². The van der Waals surface area contributed by atoms with Crippen LogP contribution in [0.25, 0.3) is 0 Å². The Labute approximate surface area is 141 Å². The van der Waals surface area contributed by atoms with Gasteiger partial charge in [-0.1, -0.05) is 6.42 Å². The highest BCUT2D eigenvalue weighted by Gasteiger charge is 2.42. The molecule has 1 aliphatic carbocycles. The van der Waals surface area contributed by atoms with Crippen molar-refractivity contribution in [3.8, 4) is 0 Å². The van der Waals surface area contributed by atoms with E-state index in [2.05, 4.69) is 15.0 Å². The third-order valence-electron chi connectivity index (χ3n) is 5.61. The zero-order chi connectivity index (χ0) is 16.5. The standard InChI is InChI=1S/C18H23N5O/c1-22-9-8-21-17(22)18(24)23-11-14-5-2-4-13(15(14)12-23)10-16-19-6-3-7-20-16/h3,6-9,13-15H,2,4-5,10-12H2,1H3/t13-,14-,15-/m1/s1. The molecule has 0 radical (unpaired) electrons. The predicted octanol–water partition coefficient (Wildman–Crippen LogP) is 1.94. The average Bonchev–Trinajstić information content (AvgIpc) is 3.22. The van der Waals surface area contributed by atoms with Crippen LogP contribution >= 0.6 is 0 Å². The van der Waals surface area contributed by atoms with Crippen molar-refractivity contribution in [3.63, 3.8) is 0 Å². The van der Waals surface area contributed by atoms with Crippen molar-refractivity contribution in [3.05, 3.63) is 42.5 Å². The molecule has 6 heteroatoms. The largest absolute Gasteiger partial charge is 0.335 e. The SMILES string of the molecule is Cn1ccnc1C(=O)N1C[C@H]2CCC[C@H](Cc3ncccn3)[C@H]2C1. The lowest BCUT2D eigenvalue weighted by Crippen LogP contribution is -2.32. The van der Waals surface area contributed by atoms with E-state index in [4.69, 9.17) is 0 Å². The Morgan fingerprint density at radius 1 is 1.17 bits per heavy atom. The van der Waals surface area contributed by atoms with Gasteiger partial charge in [-0.2, -0.15) is 0 Å². The molecule has 0 spiro atoms. The summed E-state index contributed by atoms with van der Waals surface area (Å²) in [5, 5.41) is 0. The number of rotatable bonds is 3. The molecule has 126 valence electrons. The van der Waals surface area contributed by atoms with Crippen molar-refractivity contribution >= 4 is 5.91 Å². The number of fused-ring (bicyclic) bond motifs is 1. The second-order valence-corrected chi connectivity index (χ2v) is 7.06. The summed E-state index contributed by atoms with van der Waals surface area (Å²) in [6, 6.07) is 1.86. The fourth-order valence-electron chi connectivity index (χ4n) is 4.39. The molecule has 0 aromatic carbocycles. The molecular weight excluding hydrogens is 302 g/mol. The third kappa shape index (κ3) is 2.81. The van der Waals surface area contributed by atoms with Crippen LogP contribution in [0, 0.1) is 17.8 Å². The van der Waals surface area contributed by atoms with Crippen LogP contribution in [0.1, 0.15) is 35.7 Å². The van der Waals surface area contributed by atoms with E-state index < -0.39 is 0 Å². The molecule has 1 amide bonds. The van der Waals surface area contributed by atoms with Crippen molar-refractivity contribution in [1.29, 1.82) is 0 Å². The van der Waals surface area contributed by atoms with Crippen LogP contribution in [0.2, 0.25) is 0 Å². The quantitative estimate of drug-likeness (QED) is 0.865. The van der Waals surface area contributed by atoms with E-state index in [1.807, 2.05) is 36.6 Å². The molecular formula is C18H23N5O. The van der Waals surface area contributed by atoms with Crippen molar-refractivity contribution in [2.24, 2.45) is 24.8 Å². The van der Waals surface area contributed by atoms with Gasteiger partial charge in [-0.25, -0.2) is 15.0 Å². The van der Waals surface area contributed by atoms with E-state index in [-0.39, 0.29) is 5.91 Å². The van der Waals surface area contributed by atoms with Crippen LogP contribution in [0.3, 0.4) is 0 Å². The lowest BCUT2D eigenvalue weighted by Gasteiger charge is -2.32. The van der Waals surface area contributed by atoms with Crippen molar-refractivity contribution in [2.75, 3.05) is 13.1 Å². The molecule has 2 fully saturated rings. The molecule has 1 saturated heterocycles. The van der Waals surface area contributed by atoms with Crippen LogP contribution in [0.4, 0.5) is 0 Å². The lowest BCUT2D eigenvalue weighted by atomic mass is 9.72. The maximum absolute atomic E-state index is 12.8. The average molecular weight is 325 g/mol. The van der Waals surface area contributed by atoms with Crippen LogP contribution < -0.4 is 0 Å². The molecule has 2 aliphatic rings. The van der Waals surface area contributed by atoms with Crippen LogP contribution in [0.5, 0.6) is 0 Å². The van der Waals surface area contributed by atoms with Crippen LogP contribution in [-0.4, -0.2) is 43.4 Å². The van der Waals surface area contributed by atoms with E-state index >= 15 is 0 Å². The second kappa shape index (κ2) is 6.34. The Kier molecular flexibility index (Phi) is 4.04. The number of aromatic nitrogens is 4. The zero-order valence-electron chi connectivity index (χ0n) is 14.0. The minimum atomic E-state index is 0.0617. The number of carbonyl (C=O) groups is 1. The fourth-order valence-corrected chi connectivity index (χ4v) is 4.39. The van der Waals surface area contributed by atoms with Crippen LogP contribution in [-0.2, 0) is 13.5 Å². The molecule has 24 heavy (non-hydrogen) atoms. The van der Waals surface area contributed by atoms with E-state index in [1.54, 1.807) is 10.8 Å². The van der Waals surface area contributed by atoms with Crippen molar-refractivity contribution in [2.45, 2.75) is 25.7 Å². The summed E-state index contributed by atoms with van der Waals surface area (Å²) in [5.41, 5.74) is 0. The summed E-state index contributed by atoms with van der Waals surface area (Å²) in [6.07, 6.45) is 11.7. The fraction of sp³-hybridized carbons (Fsp3) is 0.556. The van der Waals surface area contributed by atoms with E-state index in [9.17, 15) is 4.79 Å². The topological polar surface area (TPSA) is 63.9 Å². The number of imidazole rings is 1. The maximum Gasteiger partial charge on any atom is 0.289 e. The molecule has 4 rings (SSSR count). The molecule has 0 N–H and O–H groups in total. The highest BCUT2D eigenvalue weighted by Crippen LogP contribution is 2.41. The molecule has 3 heterocycles. The minimum Gasteiger partial charge on any atom is -0.335 e. The summed E-state index contributed by atoms with van der Waals surface area (Å²) in [6.45, 7) is 1.70. The van der Waals surface area contributed by atoms with Gasteiger partial charge in [0.1, 0.15) is 5.82 Å². The number of hydrogen-bond donors (Lipinski definition) is 0. The number of carbonyl (C=O) groups excluding carboxylic acids is 1. The molecule has 0 unspecified atom stereocenters. The van der Waals surface area contributed by atoms with Gasteiger partial charge in [0.15, 0.2) is 5.82 Å². The smallest absolute Gasteiger partial charge is 0.289 e. The molecule has 6 nitrogen and oxygen atoms in total. The number of hydrogen-bond acceptors (Lipinski definition) is 4. The number of likely N-dealkylation sites (tertiary alicyclic amines) is 1. The van der Waals surface area contributed by atoms with Gasteiger partial charge in [0.05, 0.1) is 0 Å². The van der Waals surface area contributed by atoms with Gasteiger partial charge < -0.3 is 9.47 Å². The summed E-state index contributed by atoms with van der Waals surface area (Å²) in [7, 11) is 1.87. The van der Waals surface area contributed by atoms with Gasteiger partial charge in [-0.05, 0) is 36.7 Å². The zero-order valence-corrected chi connectivity index (χ0v) is 14.0. The molecule has 2 aromatic rings. The summed E-state index contributed by atoms with van der Waals surface area (Å²) in [4.78, 5) is 27.7. The summed E-state index contributed by atoms with van der Waals surface area (Å²) >= 11 is 0. The number of aryl methyl sites for hydroxylation is 1. The van der Waals surface area contributed by atoms with Gasteiger partial charge in [-0.15, -0.1) is 0 Å². The first-order valence-corrected chi connectivity index (χ1v) is 8.75. The normalized spacial score (nSPS) is 26.4. The Balaban J connectivity index is 1.48. The van der Waals surface area contributed by atoms with Gasteiger partial charge in [0.25, 0.3) is 5.91 Å². The first kappa shape index (κ1) is 15.3. The molecule has 1 aliphatic heterocycles.